The van der Waals surface area contributed by atoms with Crippen molar-refractivity contribution in [1.82, 2.24) is 0 Å². The van der Waals surface area contributed by atoms with Crippen LogP contribution in [0, 0.1) is 6.92 Å². The Morgan fingerprint density at radius 2 is 2.12 bits per heavy atom. The first kappa shape index (κ1) is 13.6. The SMILES string of the molecule is CCOC(=O)C(O)c1cc(C(F)F)ccc1C. The van der Waals surface area contributed by atoms with Crippen LogP contribution in [0.2, 0.25) is 0 Å². The van der Waals surface area contributed by atoms with Gasteiger partial charge < -0.3 is 9.84 Å². The minimum atomic E-state index is -2.64. The van der Waals surface area contributed by atoms with Crippen molar-refractivity contribution in [1.29, 1.82) is 0 Å². The Kier molecular flexibility index (Phi) is 4.57. The van der Waals surface area contributed by atoms with E-state index >= 15 is 0 Å². The number of aryl methyl sites for hydroxylation is 1. The van der Waals surface area contributed by atoms with E-state index in [-0.39, 0.29) is 17.7 Å². The molecule has 0 radical (unpaired) electrons. The molecule has 1 atom stereocenters. The van der Waals surface area contributed by atoms with Gasteiger partial charge in [-0.2, -0.15) is 0 Å². The average molecular weight is 244 g/mol. The number of ether oxygens (including phenoxy) is 1. The van der Waals surface area contributed by atoms with Crippen LogP contribution in [0.25, 0.3) is 0 Å². The van der Waals surface area contributed by atoms with Gasteiger partial charge in [0, 0.05) is 5.56 Å². The van der Waals surface area contributed by atoms with E-state index in [9.17, 15) is 18.7 Å². The molecule has 0 aliphatic heterocycles. The monoisotopic (exact) mass is 244 g/mol. The molecule has 0 aromatic heterocycles. The Labute approximate surface area is 98.0 Å². The summed E-state index contributed by atoms with van der Waals surface area (Å²) in [7, 11) is 0. The van der Waals surface area contributed by atoms with E-state index in [1.54, 1.807) is 13.8 Å². The molecule has 1 N–H and O–H groups in total. The number of aliphatic hydroxyl groups is 1. The van der Waals surface area contributed by atoms with Crippen molar-refractivity contribution in [2.45, 2.75) is 26.4 Å². The molecule has 0 heterocycles. The first-order valence-electron chi connectivity index (χ1n) is 5.20. The molecule has 1 aromatic rings. The van der Waals surface area contributed by atoms with Crippen LogP contribution in [0.1, 0.15) is 36.1 Å². The minimum absolute atomic E-state index is 0.128. The largest absolute Gasteiger partial charge is 0.464 e. The number of aliphatic hydroxyl groups excluding tert-OH is 1. The molecule has 3 nitrogen and oxygen atoms in total. The molecule has 0 saturated carbocycles. The molecule has 0 bridgehead atoms. The van der Waals surface area contributed by atoms with Crippen LogP contribution in [0.15, 0.2) is 18.2 Å². The number of alkyl halides is 2. The second-order valence-corrected chi connectivity index (χ2v) is 3.57. The summed E-state index contributed by atoms with van der Waals surface area (Å²) in [4.78, 5) is 11.3. The van der Waals surface area contributed by atoms with E-state index in [1.165, 1.54) is 12.1 Å². The second kappa shape index (κ2) is 5.72. The molecule has 0 fully saturated rings. The summed E-state index contributed by atoms with van der Waals surface area (Å²) in [5.74, 6) is -0.831. The topological polar surface area (TPSA) is 46.5 Å². The molecule has 0 amide bonds. The Balaban J connectivity index is 3.03. The highest BCUT2D eigenvalue weighted by atomic mass is 19.3. The molecule has 17 heavy (non-hydrogen) atoms. The van der Waals surface area contributed by atoms with Gasteiger partial charge in [-0.05, 0) is 31.0 Å². The lowest BCUT2D eigenvalue weighted by atomic mass is 10.0. The van der Waals surface area contributed by atoms with Crippen LogP contribution in [-0.2, 0) is 9.53 Å². The molecule has 1 unspecified atom stereocenters. The predicted molar refractivity (Wildman–Crippen MR) is 57.7 cm³/mol. The van der Waals surface area contributed by atoms with Gasteiger partial charge in [0.05, 0.1) is 6.61 Å². The Morgan fingerprint density at radius 1 is 1.47 bits per heavy atom. The van der Waals surface area contributed by atoms with E-state index in [1.807, 2.05) is 0 Å². The van der Waals surface area contributed by atoms with E-state index in [2.05, 4.69) is 4.74 Å². The molecule has 0 spiro atoms. The summed E-state index contributed by atoms with van der Waals surface area (Å²) in [5, 5.41) is 9.69. The zero-order valence-electron chi connectivity index (χ0n) is 9.61. The van der Waals surface area contributed by atoms with Crippen molar-refractivity contribution in [3.63, 3.8) is 0 Å². The number of esters is 1. The second-order valence-electron chi connectivity index (χ2n) is 3.57. The van der Waals surface area contributed by atoms with Crippen LogP contribution in [-0.4, -0.2) is 17.7 Å². The smallest absolute Gasteiger partial charge is 0.339 e. The van der Waals surface area contributed by atoms with Crippen LogP contribution in [0.3, 0.4) is 0 Å². The van der Waals surface area contributed by atoms with Crippen LogP contribution in [0.5, 0.6) is 0 Å². The lowest BCUT2D eigenvalue weighted by Gasteiger charge is -2.13. The fourth-order valence-corrected chi connectivity index (χ4v) is 1.44. The van der Waals surface area contributed by atoms with Crippen LogP contribution >= 0.6 is 0 Å². The Hall–Kier alpha value is -1.49. The van der Waals surface area contributed by atoms with E-state index < -0.39 is 18.5 Å². The average Bonchev–Trinajstić information content (AvgIpc) is 2.28. The Morgan fingerprint density at radius 3 is 2.65 bits per heavy atom. The third kappa shape index (κ3) is 3.23. The molecular weight excluding hydrogens is 230 g/mol. The number of halogens is 2. The van der Waals surface area contributed by atoms with Crippen LogP contribution in [0.4, 0.5) is 8.78 Å². The molecule has 94 valence electrons. The minimum Gasteiger partial charge on any atom is -0.464 e. The number of rotatable bonds is 4. The van der Waals surface area contributed by atoms with Gasteiger partial charge in [-0.25, -0.2) is 13.6 Å². The van der Waals surface area contributed by atoms with E-state index in [0.29, 0.717) is 5.56 Å². The van der Waals surface area contributed by atoms with Gasteiger partial charge in [-0.15, -0.1) is 0 Å². The highest BCUT2D eigenvalue weighted by molar-refractivity contribution is 5.76. The summed E-state index contributed by atoms with van der Waals surface area (Å²) in [5.41, 5.74) is 0.491. The van der Waals surface area contributed by atoms with Crippen molar-refractivity contribution in [3.8, 4) is 0 Å². The normalized spacial score (nSPS) is 12.6. The molecule has 1 rings (SSSR count). The fraction of sp³-hybridized carbons (Fsp3) is 0.417. The molecule has 0 aliphatic rings. The fourth-order valence-electron chi connectivity index (χ4n) is 1.44. The molecule has 0 saturated heterocycles. The number of carbonyl (C=O) groups is 1. The summed E-state index contributed by atoms with van der Waals surface area (Å²) in [6.07, 6.45) is -4.16. The van der Waals surface area contributed by atoms with E-state index in [0.717, 1.165) is 6.07 Å². The number of hydrogen-bond acceptors (Lipinski definition) is 3. The molecular formula is C12H14F2O3. The highest BCUT2D eigenvalue weighted by Gasteiger charge is 2.22. The first-order valence-corrected chi connectivity index (χ1v) is 5.20. The third-order valence-corrected chi connectivity index (χ3v) is 2.36. The zero-order chi connectivity index (χ0) is 13.0. The lowest BCUT2D eigenvalue weighted by molar-refractivity contribution is -0.153. The number of hydrogen-bond donors (Lipinski definition) is 1. The van der Waals surface area contributed by atoms with Gasteiger partial charge in [0.2, 0.25) is 0 Å². The summed E-state index contributed by atoms with van der Waals surface area (Å²) in [6.45, 7) is 3.36. The number of benzene rings is 1. The zero-order valence-corrected chi connectivity index (χ0v) is 9.61. The lowest BCUT2D eigenvalue weighted by Crippen LogP contribution is -2.16. The standard InChI is InChI=1S/C12H14F2O3/c1-3-17-12(16)10(15)9-6-8(11(13)14)5-4-7(9)2/h4-6,10-11,15H,3H2,1-2H3. The van der Waals surface area contributed by atoms with Crippen molar-refractivity contribution < 1.29 is 23.4 Å². The predicted octanol–water partition coefficient (Wildman–Crippen LogP) is 2.53. The number of carbonyl (C=O) groups excluding carboxylic acids is 1. The Bertz CT molecular complexity index is 405. The maximum absolute atomic E-state index is 12.5. The molecule has 1 aromatic carbocycles. The molecule has 5 heteroatoms. The maximum Gasteiger partial charge on any atom is 0.339 e. The first-order chi connectivity index (χ1) is 7.97. The van der Waals surface area contributed by atoms with Crippen molar-refractivity contribution in [2.75, 3.05) is 6.61 Å². The summed E-state index contributed by atoms with van der Waals surface area (Å²) >= 11 is 0. The quantitative estimate of drug-likeness (QED) is 0.828. The van der Waals surface area contributed by atoms with Gasteiger partial charge in [0.1, 0.15) is 0 Å². The summed E-state index contributed by atoms with van der Waals surface area (Å²) < 4.78 is 29.6. The van der Waals surface area contributed by atoms with Gasteiger partial charge in [0.15, 0.2) is 6.10 Å². The summed E-state index contributed by atoms with van der Waals surface area (Å²) in [6, 6.07) is 3.84. The molecule has 0 aliphatic carbocycles. The highest BCUT2D eigenvalue weighted by Crippen LogP contribution is 2.25. The van der Waals surface area contributed by atoms with Crippen molar-refractivity contribution >= 4 is 5.97 Å². The van der Waals surface area contributed by atoms with Gasteiger partial charge in [0.25, 0.3) is 6.43 Å². The van der Waals surface area contributed by atoms with Gasteiger partial charge in [-0.1, -0.05) is 12.1 Å². The van der Waals surface area contributed by atoms with E-state index in [4.69, 9.17) is 0 Å². The van der Waals surface area contributed by atoms with Gasteiger partial charge >= 0.3 is 5.97 Å². The maximum atomic E-state index is 12.5. The third-order valence-electron chi connectivity index (χ3n) is 2.36. The van der Waals surface area contributed by atoms with Crippen molar-refractivity contribution in [2.24, 2.45) is 0 Å². The van der Waals surface area contributed by atoms with Crippen molar-refractivity contribution in [3.05, 3.63) is 34.9 Å². The van der Waals surface area contributed by atoms with Gasteiger partial charge in [-0.3, -0.25) is 0 Å². The van der Waals surface area contributed by atoms with Crippen LogP contribution < -0.4 is 0 Å².